The Balaban J connectivity index is 2.65. The zero-order valence-electron chi connectivity index (χ0n) is 12.2. The molecule has 0 saturated heterocycles. The van der Waals surface area contributed by atoms with Gasteiger partial charge in [-0.15, -0.1) is 0 Å². The molecule has 0 aliphatic rings. The van der Waals surface area contributed by atoms with Gasteiger partial charge in [0, 0.05) is 31.3 Å². The van der Waals surface area contributed by atoms with Gasteiger partial charge in [0.25, 0.3) is 0 Å². The molecule has 0 bridgehead atoms. The van der Waals surface area contributed by atoms with E-state index >= 15 is 0 Å². The number of hydrogen-bond acceptors (Lipinski definition) is 4. The molecular formula is C14H24FN3O. The van der Waals surface area contributed by atoms with Gasteiger partial charge in [-0.25, -0.2) is 4.39 Å². The molecule has 1 aromatic carbocycles. The van der Waals surface area contributed by atoms with Crippen LogP contribution in [0.2, 0.25) is 0 Å². The largest absolute Gasteiger partial charge is 0.491 e. The zero-order chi connectivity index (χ0) is 14.4. The lowest BCUT2D eigenvalue weighted by molar-refractivity contribution is 0.284. The summed E-state index contributed by atoms with van der Waals surface area (Å²) in [6.45, 7) is 8.16. The highest BCUT2D eigenvalue weighted by molar-refractivity contribution is 5.68. The van der Waals surface area contributed by atoms with Crippen molar-refractivity contribution in [3.8, 4) is 5.75 Å². The van der Waals surface area contributed by atoms with E-state index < -0.39 is 5.82 Å². The molecule has 1 aromatic rings. The minimum atomic E-state index is -0.427. The van der Waals surface area contributed by atoms with Gasteiger partial charge in [-0.2, -0.15) is 0 Å². The lowest BCUT2D eigenvalue weighted by Crippen LogP contribution is -2.31. The second kappa shape index (κ2) is 7.19. The fraction of sp³-hybridized carbons (Fsp3) is 0.571. The topological polar surface area (TPSA) is 50.5 Å². The van der Waals surface area contributed by atoms with E-state index in [-0.39, 0.29) is 5.75 Å². The number of benzene rings is 1. The van der Waals surface area contributed by atoms with Crippen LogP contribution < -0.4 is 15.8 Å². The summed E-state index contributed by atoms with van der Waals surface area (Å²) < 4.78 is 18.7. The van der Waals surface area contributed by atoms with Crippen LogP contribution in [0.15, 0.2) is 12.1 Å². The summed E-state index contributed by atoms with van der Waals surface area (Å²) in [6.07, 6.45) is 0. The average molecular weight is 269 g/mol. The zero-order valence-corrected chi connectivity index (χ0v) is 12.2. The number of nitrogens with two attached hydrogens (primary N) is 1. The molecule has 0 atom stereocenters. The molecule has 3 N–H and O–H groups in total. The SMILES string of the molecule is CCOc1cc(NCCN(C)C(C)C)c(N)cc1F. The van der Waals surface area contributed by atoms with Crippen molar-refractivity contribution in [2.24, 2.45) is 0 Å². The monoisotopic (exact) mass is 269 g/mol. The predicted octanol–water partition coefficient (Wildman–Crippen LogP) is 2.56. The number of anilines is 2. The lowest BCUT2D eigenvalue weighted by Gasteiger charge is -2.21. The van der Waals surface area contributed by atoms with Crippen molar-refractivity contribution in [1.29, 1.82) is 0 Å². The number of nitrogens with one attached hydrogen (secondary N) is 1. The molecule has 0 heterocycles. The van der Waals surface area contributed by atoms with E-state index in [0.717, 1.165) is 13.1 Å². The number of nitrogens with zero attached hydrogens (tertiary/aromatic N) is 1. The summed E-state index contributed by atoms with van der Waals surface area (Å²) in [5.74, 6) is -0.194. The number of likely N-dealkylation sites (N-methyl/N-ethyl adjacent to an activating group) is 1. The highest BCUT2D eigenvalue weighted by atomic mass is 19.1. The van der Waals surface area contributed by atoms with Gasteiger partial charge in [0.2, 0.25) is 0 Å². The predicted molar refractivity (Wildman–Crippen MR) is 78.2 cm³/mol. The third-order valence-corrected chi connectivity index (χ3v) is 3.07. The Labute approximate surface area is 114 Å². The minimum Gasteiger partial charge on any atom is -0.491 e. The molecule has 0 radical (unpaired) electrons. The van der Waals surface area contributed by atoms with Gasteiger partial charge in [0.15, 0.2) is 11.6 Å². The smallest absolute Gasteiger partial charge is 0.167 e. The highest BCUT2D eigenvalue weighted by Gasteiger charge is 2.09. The molecule has 108 valence electrons. The van der Waals surface area contributed by atoms with Crippen LogP contribution in [0, 0.1) is 5.82 Å². The normalized spacial score (nSPS) is 11.1. The first-order valence-corrected chi connectivity index (χ1v) is 6.61. The van der Waals surface area contributed by atoms with E-state index in [0.29, 0.717) is 24.0 Å². The molecule has 1 rings (SSSR count). The molecule has 0 saturated carbocycles. The fourth-order valence-electron chi connectivity index (χ4n) is 1.61. The molecule has 19 heavy (non-hydrogen) atoms. The van der Waals surface area contributed by atoms with Gasteiger partial charge in [-0.3, -0.25) is 0 Å². The molecule has 0 aliphatic heterocycles. The number of nitrogen functional groups attached to an aromatic ring is 1. The van der Waals surface area contributed by atoms with Crippen molar-refractivity contribution in [3.05, 3.63) is 17.9 Å². The Morgan fingerprint density at radius 2 is 2.11 bits per heavy atom. The Morgan fingerprint density at radius 3 is 2.68 bits per heavy atom. The van der Waals surface area contributed by atoms with Crippen molar-refractivity contribution in [2.75, 3.05) is 37.8 Å². The first kappa shape index (κ1) is 15.6. The third-order valence-electron chi connectivity index (χ3n) is 3.07. The molecule has 5 heteroatoms. The molecule has 0 spiro atoms. The van der Waals surface area contributed by atoms with E-state index in [1.54, 1.807) is 6.07 Å². The van der Waals surface area contributed by atoms with Crippen molar-refractivity contribution < 1.29 is 9.13 Å². The molecule has 0 unspecified atom stereocenters. The van der Waals surface area contributed by atoms with Gasteiger partial charge in [-0.1, -0.05) is 0 Å². The van der Waals surface area contributed by atoms with Crippen LogP contribution in [0.4, 0.5) is 15.8 Å². The van der Waals surface area contributed by atoms with Crippen molar-refractivity contribution in [2.45, 2.75) is 26.8 Å². The van der Waals surface area contributed by atoms with Gasteiger partial charge in [0.05, 0.1) is 18.0 Å². The van der Waals surface area contributed by atoms with E-state index in [4.69, 9.17) is 10.5 Å². The Kier molecular flexibility index (Phi) is 5.89. The summed E-state index contributed by atoms with van der Waals surface area (Å²) in [5.41, 5.74) is 6.90. The summed E-state index contributed by atoms with van der Waals surface area (Å²) in [6, 6.07) is 3.40. The maximum Gasteiger partial charge on any atom is 0.167 e. The summed E-state index contributed by atoms with van der Waals surface area (Å²) in [4.78, 5) is 2.22. The minimum absolute atomic E-state index is 0.233. The quantitative estimate of drug-likeness (QED) is 0.747. The first-order chi connectivity index (χ1) is 8.95. The van der Waals surface area contributed by atoms with E-state index in [2.05, 4.69) is 31.1 Å². The van der Waals surface area contributed by atoms with Gasteiger partial charge in [-0.05, 0) is 27.8 Å². The van der Waals surface area contributed by atoms with Crippen LogP contribution in [0.3, 0.4) is 0 Å². The second-order valence-corrected chi connectivity index (χ2v) is 4.80. The number of hydrogen-bond donors (Lipinski definition) is 2. The summed E-state index contributed by atoms with van der Waals surface area (Å²) in [7, 11) is 2.06. The molecule has 0 amide bonds. The maximum atomic E-state index is 13.5. The fourth-order valence-corrected chi connectivity index (χ4v) is 1.61. The number of halogens is 1. The van der Waals surface area contributed by atoms with Gasteiger partial charge in [0.1, 0.15) is 0 Å². The van der Waals surface area contributed by atoms with Gasteiger partial charge >= 0.3 is 0 Å². The summed E-state index contributed by atoms with van der Waals surface area (Å²) in [5, 5.41) is 3.21. The van der Waals surface area contributed by atoms with Crippen LogP contribution in [0.5, 0.6) is 5.75 Å². The third kappa shape index (κ3) is 4.59. The van der Waals surface area contributed by atoms with E-state index in [1.165, 1.54) is 6.07 Å². The standard InChI is InChI=1S/C14H24FN3O/c1-5-19-14-9-13(12(16)8-11(14)15)17-6-7-18(4)10(2)3/h8-10,17H,5-7,16H2,1-4H3. The second-order valence-electron chi connectivity index (χ2n) is 4.80. The lowest BCUT2D eigenvalue weighted by atomic mass is 10.2. The van der Waals surface area contributed by atoms with E-state index in [9.17, 15) is 4.39 Å². The number of ether oxygens (including phenoxy) is 1. The Morgan fingerprint density at radius 1 is 1.42 bits per heavy atom. The van der Waals surface area contributed by atoms with E-state index in [1.807, 2.05) is 6.92 Å². The molecule has 0 aromatic heterocycles. The Hall–Kier alpha value is -1.49. The van der Waals surface area contributed by atoms with Crippen LogP contribution in [0.1, 0.15) is 20.8 Å². The number of rotatable bonds is 7. The van der Waals surface area contributed by atoms with Crippen molar-refractivity contribution >= 4 is 11.4 Å². The maximum absolute atomic E-state index is 13.5. The van der Waals surface area contributed by atoms with Crippen molar-refractivity contribution in [1.82, 2.24) is 4.90 Å². The molecular weight excluding hydrogens is 245 g/mol. The van der Waals surface area contributed by atoms with Crippen molar-refractivity contribution in [3.63, 3.8) is 0 Å². The summed E-state index contributed by atoms with van der Waals surface area (Å²) >= 11 is 0. The molecule has 0 aliphatic carbocycles. The van der Waals surface area contributed by atoms with Crippen LogP contribution >= 0.6 is 0 Å². The first-order valence-electron chi connectivity index (χ1n) is 6.61. The average Bonchev–Trinajstić information content (AvgIpc) is 2.34. The van der Waals surface area contributed by atoms with Gasteiger partial charge < -0.3 is 20.7 Å². The Bertz CT molecular complexity index is 410. The van der Waals surface area contributed by atoms with Crippen LogP contribution in [0.25, 0.3) is 0 Å². The molecule has 0 fully saturated rings. The molecule has 4 nitrogen and oxygen atoms in total. The van der Waals surface area contributed by atoms with Crippen LogP contribution in [-0.4, -0.2) is 37.7 Å². The van der Waals surface area contributed by atoms with Crippen LogP contribution in [-0.2, 0) is 0 Å². The highest BCUT2D eigenvalue weighted by Crippen LogP contribution is 2.28.